The van der Waals surface area contributed by atoms with E-state index in [0.29, 0.717) is 39.2 Å². The summed E-state index contributed by atoms with van der Waals surface area (Å²) in [6.45, 7) is 3.04. The van der Waals surface area contributed by atoms with E-state index in [9.17, 15) is 9.59 Å². The lowest BCUT2D eigenvalue weighted by Gasteiger charge is -2.36. The Labute approximate surface area is 172 Å². The Kier molecular flexibility index (Phi) is 6.25. The normalized spacial score (nSPS) is 19.6. The van der Waals surface area contributed by atoms with Gasteiger partial charge in [0.1, 0.15) is 6.10 Å². The number of hydrogen-bond acceptors (Lipinski definition) is 3. The second-order valence-electron chi connectivity index (χ2n) is 7.79. The molecule has 4 rings (SSSR count). The van der Waals surface area contributed by atoms with Crippen molar-refractivity contribution in [3.05, 3.63) is 71.8 Å². The van der Waals surface area contributed by atoms with Crippen molar-refractivity contribution in [3.63, 3.8) is 0 Å². The van der Waals surface area contributed by atoms with Crippen LogP contribution in [-0.4, -0.2) is 60.5 Å². The summed E-state index contributed by atoms with van der Waals surface area (Å²) in [6.07, 6.45) is 1.93. The molecule has 5 nitrogen and oxygen atoms in total. The van der Waals surface area contributed by atoms with Gasteiger partial charge in [-0.15, -0.1) is 0 Å². The van der Waals surface area contributed by atoms with E-state index in [1.54, 1.807) is 0 Å². The summed E-state index contributed by atoms with van der Waals surface area (Å²) < 4.78 is 5.52. The summed E-state index contributed by atoms with van der Waals surface area (Å²) >= 11 is 0. The van der Waals surface area contributed by atoms with E-state index in [1.165, 1.54) is 0 Å². The van der Waals surface area contributed by atoms with Crippen LogP contribution in [0, 0.1) is 0 Å². The number of carbonyl (C=O) groups excluding carboxylic acids is 2. The molecule has 1 unspecified atom stereocenters. The van der Waals surface area contributed by atoms with Crippen molar-refractivity contribution in [1.82, 2.24) is 9.80 Å². The number of rotatable bonds is 5. The molecular weight excluding hydrogens is 364 g/mol. The average Bonchev–Trinajstić information content (AvgIpc) is 3.33. The second-order valence-corrected chi connectivity index (χ2v) is 7.79. The summed E-state index contributed by atoms with van der Waals surface area (Å²) in [5, 5.41) is 0. The van der Waals surface area contributed by atoms with Crippen molar-refractivity contribution in [2.24, 2.45) is 0 Å². The van der Waals surface area contributed by atoms with Crippen LogP contribution < -0.4 is 0 Å². The number of ether oxygens (including phenoxy) is 1. The molecule has 2 aromatic carbocycles. The predicted molar refractivity (Wildman–Crippen MR) is 111 cm³/mol. The molecule has 0 aliphatic carbocycles. The van der Waals surface area contributed by atoms with Gasteiger partial charge in [0.05, 0.1) is 0 Å². The molecule has 2 heterocycles. The first-order chi connectivity index (χ1) is 14.2. The highest BCUT2D eigenvalue weighted by Crippen LogP contribution is 2.29. The van der Waals surface area contributed by atoms with Gasteiger partial charge in [0.15, 0.2) is 0 Å². The maximum Gasteiger partial charge on any atom is 0.251 e. The topological polar surface area (TPSA) is 49.9 Å². The minimum atomic E-state index is -0.280. The summed E-state index contributed by atoms with van der Waals surface area (Å²) in [7, 11) is 0. The molecule has 2 aromatic rings. The molecule has 0 N–H and O–H groups in total. The standard InChI is InChI=1S/C24H28N2O3/c27-23(25-13-15-26(16-14-25)24(28)22-12-7-17-29-22)18-21(19-8-3-1-4-9-19)20-10-5-2-6-11-20/h1-6,8-11,21-22H,7,12-18H2. The SMILES string of the molecule is O=C(CC(c1ccccc1)c1ccccc1)N1CCN(C(=O)C2CCCO2)CC1. The van der Waals surface area contributed by atoms with Crippen molar-refractivity contribution in [2.75, 3.05) is 32.8 Å². The Hall–Kier alpha value is -2.66. The van der Waals surface area contributed by atoms with Crippen LogP contribution in [0.1, 0.15) is 36.3 Å². The molecular formula is C24H28N2O3. The van der Waals surface area contributed by atoms with Gasteiger partial charge in [-0.25, -0.2) is 0 Å². The number of piperazine rings is 1. The highest BCUT2D eigenvalue weighted by molar-refractivity contribution is 5.82. The summed E-state index contributed by atoms with van der Waals surface area (Å²) in [4.78, 5) is 29.4. The molecule has 2 aliphatic rings. The van der Waals surface area contributed by atoms with Gasteiger partial charge in [-0.05, 0) is 24.0 Å². The van der Waals surface area contributed by atoms with Crippen molar-refractivity contribution < 1.29 is 14.3 Å². The van der Waals surface area contributed by atoms with Gasteiger partial charge >= 0.3 is 0 Å². The zero-order valence-corrected chi connectivity index (χ0v) is 16.7. The number of benzene rings is 2. The van der Waals surface area contributed by atoms with Crippen LogP contribution in [0.25, 0.3) is 0 Å². The highest BCUT2D eigenvalue weighted by Gasteiger charge is 2.32. The average molecular weight is 392 g/mol. The summed E-state index contributed by atoms with van der Waals surface area (Å²) in [5.41, 5.74) is 2.30. The van der Waals surface area contributed by atoms with E-state index < -0.39 is 0 Å². The maximum absolute atomic E-state index is 13.1. The fraction of sp³-hybridized carbons (Fsp3) is 0.417. The van der Waals surface area contributed by atoms with E-state index in [2.05, 4.69) is 24.3 Å². The van der Waals surface area contributed by atoms with Crippen LogP contribution in [0.4, 0.5) is 0 Å². The van der Waals surface area contributed by atoms with Crippen LogP contribution in [0.15, 0.2) is 60.7 Å². The molecule has 2 fully saturated rings. The summed E-state index contributed by atoms with van der Waals surface area (Å²) in [6, 6.07) is 20.4. The van der Waals surface area contributed by atoms with Crippen molar-refractivity contribution >= 4 is 11.8 Å². The van der Waals surface area contributed by atoms with Gasteiger partial charge in [-0.3, -0.25) is 9.59 Å². The molecule has 1 atom stereocenters. The van der Waals surface area contributed by atoms with Gasteiger partial charge in [0.2, 0.25) is 5.91 Å². The van der Waals surface area contributed by atoms with Gasteiger partial charge in [-0.2, -0.15) is 0 Å². The molecule has 0 bridgehead atoms. The van der Waals surface area contributed by atoms with Gasteiger partial charge in [0, 0.05) is 45.1 Å². The quantitative estimate of drug-likeness (QED) is 0.786. The van der Waals surface area contributed by atoms with E-state index in [4.69, 9.17) is 4.74 Å². The Bertz CT molecular complexity index is 771. The molecule has 0 radical (unpaired) electrons. The lowest BCUT2D eigenvalue weighted by molar-refractivity contribution is -0.146. The Morgan fingerprint density at radius 1 is 0.862 bits per heavy atom. The molecule has 5 heteroatoms. The highest BCUT2D eigenvalue weighted by atomic mass is 16.5. The predicted octanol–water partition coefficient (Wildman–Crippen LogP) is 3.06. The number of hydrogen-bond donors (Lipinski definition) is 0. The largest absolute Gasteiger partial charge is 0.368 e. The molecule has 29 heavy (non-hydrogen) atoms. The Morgan fingerprint density at radius 3 is 1.93 bits per heavy atom. The number of carbonyl (C=O) groups is 2. The molecule has 0 saturated carbocycles. The summed E-state index contributed by atoms with van der Waals surface area (Å²) in [5.74, 6) is 0.268. The van der Waals surface area contributed by atoms with E-state index in [0.717, 1.165) is 24.0 Å². The van der Waals surface area contributed by atoms with Crippen LogP contribution in [0.3, 0.4) is 0 Å². The second kappa shape index (κ2) is 9.23. The van der Waals surface area contributed by atoms with Crippen molar-refractivity contribution in [1.29, 1.82) is 0 Å². The third-order valence-electron chi connectivity index (χ3n) is 5.93. The number of nitrogens with zero attached hydrogens (tertiary/aromatic N) is 2. The third kappa shape index (κ3) is 4.67. The lowest BCUT2D eigenvalue weighted by atomic mass is 9.88. The number of amides is 2. The van der Waals surface area contributed by atoms with E-state index in [1.807, 2.05) is 46.2 Å². The fourth-order valence-corrected chi connectivity index (χ4v) is 4.25. The first-order valence-corrected chi connectivity index (χ1v) is 10.5. The molecule has 2 amide bonds. The third-order valence-corrected chi connectivity index (χ3v) is 5.93. The first kappa shape index (κ1) is 19.6. The van der Waals surface area contributed by atoms with Crippen LogP contribution in [0.5, 0.6) is 0 Å². The zero-order valence-electron chi connectivity index (χ0n) is 16.7. The van der Waals surface area contributed by atoms with Crippen LogP contribution in [-0.2, 0) is 14.3 Å². The Balaban J connectivity index is 1.39. The molecule has 0 aromatic heterocycles. The minimum Gasteiger partial charge on any atom is -0.368 e. The monoisotopic (exact) mass is 392 g/mol. The van der Waals surface area contributed by atoms with Gasteiger partial charge in [0.25, 0.3) is 5.91 Å². The van der Waals surface area contributed by atoms with Gasteiger partial charge in [-0.1, -0.05) is 60.7 Å². The first-order valence-electron chi connectivity index (χ1n) is 10.5. The van der Waals surface area contributed by atoms with Gasteiger partial charge < -0.3 is 14.5 Å². The lowest BCUT2D eigenvalue weighted by Crippen LogP contribution is -2.53. The van der Waals surface area contributed by atoms with Crippen LogP contribution >= 0.6 is 0 Å². The Morgan fingerprint density at radius 2 is 1.41 bits per heavy atom. The zero-order chi connectivity index (χ0) is 20.1. The van der Waals surface area contributed by atoms with Crippen molar-refractivity contribution in [3.8, 4) is 0 Å². The molecule has 2 aliphatic heterocycles. The molecule has 152 valence electrons. The smallest absolute Gasteiger partial charge is 0.251 e. The fourth-order valence-electron chi connectivity index (χ4n) is 4.25. The molecule has 2 saturated heterocycles. The van der Waals surface area contributed by atoms with E-state index in [-0.39, 0.29) is 23.8 Å². The van der Waals surface area contributed by atoms with Crippen LogP contribution in [0.2, 0.25) is 0 Å². The molecule has 0 spiro atoms. The van der Waals surface area contributed by atoms with E-state index >= 15 is 0 Å². The van der Waals surface area contributed by atoms with Crippen molar-refractivity contribution in [2.45, 2.75) is 31.3 Å². The minimum absolute atomic E-state index is 0.0384. The maximum atomic E-state index is 13.1.